The number of nitrogens with one attached hydrogen (secondary N) is 3. The van der Waals surface area contributed by atoms with Crippen molar-refractivity contribution in [1.82, 2.24) is 14.6 Å². The van der Waals surface area contributed by atoms with E-state index in [0.29, 0.717) is 23.6 Å². The minimum atomic E-state index is -0.0737. The molecule has 0 aliphatic rings. The van der Waals surface area contributed by atoms with E-state index in [1.54, 1.807) is 17.6 Å². The number of fused-ring (bicyclic) bond motifs is 1. The third-order valence-corrected chi connectivity index (χ3v) is 3.82. The van der Waals surface area contributed by atoms with E-state index >= 15 is 0 Å². The number of hydrogen-bond acceptors (Lipinski definition) is 5. The number of benzene rings is 1. The highest BCUT2D eigenvalue weighted by Gasteiger charge is 2.13. The summed E-state index contributed by atoms with van der Waals surface area (Å²) in [4.78, 5) is 16.3. The Labute approximate surface area is 146 Å². The van der Waals surface area contributed by atoms with Gasteiger partial charge in [0.2, 0.25) is 5.91 Å². The van der Waals surface area contributed by atoms with Crippen molar-refractivity contribution in [3.63, 3.8) is 0 Å². The Kier molecular flexibility index (Phi) is 4.56. The average Bonchev–Trinajstić information content (AvgIpc) is 2.96. The van der Waals surface area contributed by atoms with Crippen molar-refractivity contribution in [3.05, 3.63) is 41.6 Å². The molecular weight excluding hydrogens is 316 g/mol. The van der Waals surface area contributed by atoms with Crippen LogP contribution in [0.3, 0.4) is 0 Å². The SMILES string of the molecule is CCC(=O)Nc1cnn2c(NC)cc(Nc3cc(C)cc(C)c3)nc12. The van der Waals surface area contributed by atoms with Gasteiger partial charge in [0.15, 0.2) is 5.65 Å². The summed E-state index contributed by atoms with van der Waals surface area (Å²) in [5.74, 6) is 1.37. The molecule has 0 unspecified atom stereocenters. The molecule has 0 aliphatic carbocycles. The van der Waals surface area contributed by atoms with Crippen LogP contribution in [0.4, 0.5) is 23.0 Å². The smallest absolute Gasteiger partial charge is 0.224 e. The summed E-state index contributed by atoms with van der Waals surface area (Å²) in [5.41, 5.74) is 4.50. The molecule has 1 amide bonds. The summed E-state index contributed by atoms with van der Waals surface area (Å²) in [6.45, 7) is 5.92. The molecule has 0 saturated heterocycles. The standard InChI is InChI=1S/C18H22N6O/c1-5-17(25)22-14-10-20-24-16(19-4)9-15(23-18(14)24)21-13-7-11(2)6-12(3)8-13/h6-10,19H,5H2,1-4H3,(H,21,23)(H,22,25). The highest BCUT2D eigenvalue weighted by Crippen LogP contribution is 2.25. The fraction of sp³-hybridized carbons (Fsp3) is 0.278. The number of hydrogen-bond donors (Lipinski definition) is 3. The van der Waals surface area contributed by atoms with E-state index in [-0.39, 0.29) is 5.91 Å². The molecule has 3 N–H and O–H groups in total. The van der Waals surface area contributed by atoms with Crippen molar-refractivity contribution in [2.45, 2.75) is 27.2 Å². The molecule has 0 fully saturated rings. The maximum absolute atomic E-state index is 11.7. The summed E-state index contributed by atoms with van der Waals surface area (Å²) >= 11 is 0. The molecule has 25 heavy (non-hydrogen) atoms. The molecule has 0 saturated carbocycles. The summed E-state index contributed by atoms with van der Waals surface area (Å²) in [5, 5.41) is 13.6. The van der Waals surface area contributed by atoms with Crippen molar-refractivity contribution in [3.8, 4) is 0 Å². The predicted molar refractivity (Wildman–Crippen MR) is 101 cm³/mol. The van der Waals surface area contributed by atoms with Crippen LogP contribution < -0.4 is 16.0 Å². The van der Waals surface area contributed by atoms with E-state index in [2.05, 4.69) is 58.1 Å². The maximum atomic E-state index is 11.7. The molecule has 0 spiro atoms. The lowest BCUT2D eigenvalue weighted by Crippen LogP contribution is -2.10. The third kappa shape index (κ3) is 3.55. The summed E-state index contributed by atoms with van der Waals surface area (Å²) < 4.78 is 1.66. The molecule has 0 bridgehead atoms. The highest BCUT2D eigenvalue weighted by atomic mass is 16.1. The second-order valence-corrected chi connectivity index (χ2v) is 5.97. The molecule has 0 atom stereocenters. The van der Waals surface area contributed by atoms with E-state index in [4.69, 9.17) is 0 Å². The van der Waals surface area contributed by atoms with Crippen LogP contribution in [0, 0.1) is 13.8 Å². The van der Waals surface area contributed by atoms with E-state index < -0.39 is 0 Å². The van der Waals surface area contributed by atoms with Crippen LogP contribution >= 0.6 is 0 Å². The normalized spacial score (nSPS) is 10.7. The minimum absolute atomic E-state index is 0.0737. The lowest BCUT2D eigenvalue weighted by atomic mass is 10.1. The van der Waals surface area contributed by atoms with E-state index in [0.717, 1.165) is 11.5 Å². The van der Waals surface area contributed by atoms with E-state index in [1.165, 1.54) is 11.1 Å². The van der Waals surface area contributed by atoms with Gasteiger partial charge in [0, 0.05) is 25.2 Å². The fourth-order valence-electron chi connectivity index (χ4n) is 2.73. The first-order valence-corrected chi connectivity index (χ1v) is 8.22. The number of rotatable bonds is 5. The molecule has 2 heterocycles. The summed E-state index contributed by atoms with van der Waals surface area (Å²) in [6.07, 6.45) is 2.01. The van der Waals surface area contributed by atoms with Gasteiger partial charge in [0.05, 0.1) is 6.20 Å². The van der Waals surface area contributed by atoms with Crippen molar-refractivity contribution in [1.29, 1.82) is 0 Å². The Morgan fingerprint density at radius 1 is 1.16 bits per heavy atom. The predicted octanol–water partition coefficient (Wildman–Crippen LogP) is 3.48. The number of carbonyl (C=O) groups is 1. The van der Waals surface area contributed by atoms with Gasteiger partial charge in [-0.05, 0) is 37.1 Å². The van der Waals surface area contributed by atoms with Gasteiger partial charge < -0.3 is 16.0 Å². The van der Waals surface area contributed by atoms with Gasteiger partial charge >= 0.3 is 0 Å². The second kappa shape index (κ2) is 6.80. The van der Waals surface area contributed by atoms with Crippen molar-refractivity contribution < 1.29 is 4.79 Å². The van der Waals surface area contributed by atoms with Crippen LogP contribution in [-0.2, 0) is 4.79 Å². The Bertz CT molecular complexity index is 910. The zero-order valence-electron chi connectivity index (χ0n) is 14.8. The molecule has 7 nitrogen and oxygen atoms in total. The van der Waals surface area contributed by atoms with E-state index in [1.807, 2.05) is 13.1 Å². The minimum Gasteiger partial charge on any atom is -0.373 e. The average molecular weight is 338 g/mol. The molecule has 3 aromatic rings. The van der Waals surface area contributed by atoms with Crippen LogP contribution in [0.15, 0.2) is 30.5 Å². The molecule has 1 aromatic carbocycles. The number of carbonyl (C=O) groups excluding carboxylic acids is 1. The van der Waals surface area contributed by atoms with Crippen LogP contribution in [0.1, 0.15) is 24.5 Å². The van der Waals surface area contributed by atoms with Crippen molar-refractivity contribution in [2.24, 2.45) is 0 Å². The quantitative estimate of drug-likeness (QED) is 0.663. The Balaban J connectivity index is 2.03. The topological polar surface area (TPSA) is 83.4 Å². The van der Waals surface area contributed by atoms with Gasteiger partial charge in [-0.25, -0.2) is 4.98 Å². The molecule has 3 rings (SSSR count). The van der Waals surface area contributed by atoms with Crippen molar-refractivity contribution >= 4 is 34.6 Å². The van der Waals surface area contributed by atoms with Gasteiger partial charge in [-0.2, -0.15) is 9.61 Å². The highest BCUT2D eigenvalue weighted by molar-refractivity contribution is 5.94. The monoisotopic (exact) mass is 338 g/mol. The molecule has 130 valence electrons. The lowest BCUT2D eigenvalue weighted by Gasteiger charge is -2.11. The van der Waals surface area contributed by atoms with E-state index in [9.17, 15) is 4.79 Å². The maximum Gasteiger partial charge on any atom is 0.224 e. The number of anilines is 4. The van der Waals surface area contributed by atoms with Crippen LogP contribution in [0.2, 0.25) is 0 Å². The zero-order valence-corrected chi connectivity index (χ0v) is 14.8. The lowest BCUT2D eigenvalue weighted by molar-refractivity contribution is -0.115. The number of nitrogens with zero attached hydrogens (tertiary/aromatic N) is 3. The van der Waals surface area contributed by atoms with Gasteiger partial charge in [-0.1, -0.05) is 13.0 Å². The largest absolute Gasteiger partial charge is 0.373 e. The van der Waals surface area contributed by atoms with Gasteiger partial charge in [-0.15, -0.1) is 0 Å². The molecule has 7 heteroatoms. The summed E-state index contributed by atoms with van der Waals surface area (Å²) in [7, 11) is 1.82. The van der Waals surface area contributed by atoms with Gasteiger partial charge in [-0.3, -0.25) is 4.79 Å². The zero-order chi connectivity index (χ0) is 18.0. The van der Waals surface area contributed by atoms with Crippen molar-refractivity contribution in [2.75, 3.05) is 23.0 Å². The Morgan fingerprint density at radius 3 is 2.52 bits per heavy atom. The molecule has 0 radical (unpaired) electrons. The van der Waals surface area contributed by atoms with Crippen LogP contribution in [-0.4, -0.2) is 27.6 Å². The molecule has 0 aliphatic heterocycles. The fourth-order valence-corrected chi connectivity index (χ4v) is 2.73. The number of amides is 1. The second-order valence-electron chi connectivity index (χ2n) is 5.97. The van der Waals surface area contributed by atoms with Crippen LogP contribution in [0.5, 0.6) is 0 Å². The van der Waals surface area contributed by atoms with Crippen LogP contribution in [0.25, 0.3) is 5.65 Å². The Morgan fingerprint density at radius 2 is 1.88 bits per heavy atom. The number of aromatic nitrogens is 3. The molecular formula is C18H22N6O. The summed E-state index contributed by atoms with van der Waals surface area (Å²) in [6, 6.07) is 8.13. The first-order valence-electron chi connectivity index (χ1n) is 8.22. The van der Waals surface area contributed by atoms with Gasteiger partial charge in [0.25, 0.3) is 0 Å². The first-order chi connectivity index (χ1) is 12.0. The van der Waals surface area contributed by atoms with Gasteiger partial charge in [0.1, 0.15) is 17.3 Å². The molecule has 2 aromatic heterocycles. The Hall–Kier alpha value is -3.09. The third-order valence-electron chi connectivity index (χ3n) is 3.82. The number of aryl methyl sites for hydroxylation is 2. The first kappa shape index (κ1) is 16.8.